The van der Waals surface area contributed by atoms with E-state index in [1.54, 1.807) is 0 Å². The van der Waals surface area contributed by atoms with Crippen LogP contribution in [-0.4, -0.2) is 18.5 Å². The van der Waals surface area contributed by atoms with E-state index in [1.165, 1.54) is 12.8 Å². The fourth-order valence-electron chi connectivity index (χ4n) is 2.96. The van der Waals surface area contributed by atoms with Crippen molar-refractivity contribution in [1.82, 2.24) is 0 Å². The first-order valence-electron chi connectivity index (χ1n) is 6.96. The van der Waals surface area contributed by atoms with Gasteiger partial charge in [0.05, 0.1) is 6.54 Å². The second-order valence-corrected chi connectivity index (χ2v) is 5.36. The molecule has 0 heterocycles. The number of amides is 1. The smallest absolute Gasteiger partial charge is 0.236 e. The van der Waals surface area contributed by atoms with E-state index >= 15 is 0 Å². The first-order valence-corrected chi connectivity index (χ1v) is 6.96. The molecule has 0 unspecified atom stereocenters. The summed E-state index contributed by atoms with van der Waals surface area (Å²) in [6.45, 7) is 2.91. The fourth-order valence-corrected chi connectivity index (χ4v) is 2.96. The van der Waals surface area contributed by atoms with Crippen LogP contribution in [0.2, 0.25) is 0 Å². The number of hydrogen-bond donors (Lipinski definition) is 2. The molecule has 0 atom stereocenters. The van der Waals surface area contributed by atoms with Crippen LogP contribution in [0.25, 0.3) is 0 Å². The number of aryl methyl sites for hydroxylation is 1. The summed E-state index contributed by atoms with van der Waals surface area (Å²) in [7, 11) is 0. The van der Waals surface area contributed by atoms with Gasteiger partial charge in [-0.2, -0.15) is 0 Å². The Morgan fingerprint density at radius 1 is 1.37 bits per heavy atom. The first-order chi connectivity index (χ1) is 9.11. The van der Waals surface area contributed by atoms with Crippen molar-refractivity contribution in [3.8, 4) is 0 Å². The summed E-state index contributed by atoms with van der Waals surface area (Å²) in [5, 5.41) is 0. The first kappa shape index (κ1) is 13.9. The molecule has 4 heteroatoms. The zero-order chi connectivity index (χ0) is 13.8. The molecule has 0 radical (unpaired) electrons. The minimum absolute atomic E-state index is 0.269. The quantitative estimate of drug-likeness (QED) is 0.847. The predicted octanol–water partition coefficient (Wildman–Crippen LogP) is 1.69. The lowest BCUT2D eigenvalue weighted by molar-refractivity contribution is -0.116. The molecule has 104 valence electrons. The van der Waals surface area contributed by atoms with Gasteiger partial charge in [0.15, 0.2) is 0 Å². The SMILES string of the molecule is Cc1cc(CN)ccc1N(CC(N)=O)C1CCCC1. The van der Waals surface area contributed by atoms with Crippen molar-refractivity contribution in [2.24, 2.45) is 11.5 Å². The Labute approximate surface area is 114 Å². The van der Waals surface area contributed by atoms with Crippen LogP contribution in [-0.2, 0) is 11.3 Å². The van der Waals surface area contributed by atoms with Gasteiger partial charge in [0.25, 0.3) is 0 Å². The molecular formula is C15H23N3O. The molecule has 4 nitrogen and oxygen atoms in total. The average molecular weight is 261 g/mol. The molecule has 0 aromatic heterocycles. The molecule has 1 aromatic carbocycles. The number of primary amides is 1. The molecule has 0 spiro atoms. The zero-order valence-electron chi connectivity index (χ0n) is 11.6. The van der Waals surface area contributed by atoms with E-state index in [0.717, 1.165) is 29.7 Å². The molecule has 1 amide bonds. The van der Waals surface area contributed by atoms with Crippen molar-refractivity contribution < 1.29 is 4.79 Å². The van der Waals surface area contributed by atoms with Crippen molar-refractivity contribution >= 4 is 11.6 Å². The maximum absolute atomic E-state index is 11.3. The monoisotopic (exact) mass is 261 g/mol. The summed E-state index contributed by atoms with van der Waals surface area (Å²) in [5.74, 6) is -0.269. The van der Waals surface area contributed by atoms with Gasteiger partial charge in [0, 0.05) is 18.3 Å². The van der Waals surface area contributed by atoms with E-state index in [-0.39, 0.29) is 5.91 Å². The van der Waals surface area contributed by atoms with Gasteiger partial charge in [0.2, 0.25) is 5.91 Å². The number of benzene rings is 1. The maximum Gasteiger partial charge on any atom is 0.236 e. The summed E-state index contributed by atoms with van der Waals surface area (Å²) in [6.07, 6.45) is 4.76. The molecule has 2 rings (SSSR count). The van der Waals surface area contributed by atoms with Gasteiger partial charge in [-0.25, -0.2) is 0 Å². The molecule has 4 N–H and O–H groups in total. The second kappa shape index (κ2) is 6.06. The van der Waals surface area contributed by atoms with E-state index in [4.69, 9.17) is 11.5 Å². The molecular weight excluding hydrogens is 238 g/mol. The molecule has 0 saturated heterocycles. The highest BCUT2D eigenvalue weighted by molar-refractivity contribution is 5.80. The minimum Gasteiger partial charge on any atom is -0.368 e. The second-order valence-electron chi connectivity index (χ2n) is 5.36. The maximum atomic E-state index is 11.3. The molecule has 1 aromatic rings. The predicted molar refractivity (Wildman–Crippen MR) is 77.9 cm³/mol. The van der Waals surface area contributed by atoms with Crippen molar-refractivity contribution in [2.75, 3.05) is 11.4 Å². The van der Waals surface area contributed by atoms with E-state index < -0.39 is 0 Å². The third kappa shape index (κ3) is 3.26. The summed E-state index contributed by atoms with van der Waals surface area (Å²) in [4.78, 5) is 13.5. The molecule has 1 aliphatic rings. The topological polar surface area (TPSA) is 72.3 Å². The average Bonchev–Trinajstić information content (AvgIpc) is 2.89. The highest BCUT2D eigenvalue weighted by atomic mass is 16.1. The standard InChI is InChI=1S/C15H23N3O/c1-11-8-12(9-16)6-7-14(11)18(10-15(17)19)13-4-2-3-5-13/h6-8,13H,2-5,9-10,16H2,1H3,(H2,17,19). The van der Waals surface area contributed by atoms with E-state index in [2.05, 4.69) is 24.0 Å². The third-order valence-electron chi connectivity index (χ3n) is 3.90. The lowest BCUT2D eigenvalue weighted by Gasteiger charge is -2.31. The van der Waals surface area contributed by atoms with Gasteiger partial charge in [-0.3, -0.25) is 4.79 Å². The van der Waals surface area contributed by atoms with Gasteiger partial charge in [-0.1, -0.05) is 25.0 Å². The van der Waals surface area contributed by atoms with E-state index in [1.807, 2.05) is 6.07 Å². The fraction of sp³-hybridized carbons (Fsp3) is 0.533. The largest absolute Gasteiger partial charge is 0.368 e. The van der Waals surface area contributed by atoms with E-state index in [9.17, 15) is 4.79 Å². The van der Waals surface area contributed by atoms with Crippen LogP contribution >= 0.6 is 0 Å². The molecule has 0 aliphatic heterocycles. The van der Waals surface area contributed by atoms with Crippen LogP contribution in [0.5, 0.6) is 0 Å². The van der Waals surface area contributed by atoms with Gasteiger partial charge < -0.3 is 16.4 Å². The Kier molecular flexibility index (Phi) is 4.43. The summed E-state index contributed by atoms with van der Waals surface area (Å²) in [6, 6.07) is 6.64. The molecule has 1 aliphatic carbocycles. The highest BCUT2D eigenvalue weighted by Gasteiger charge is 2.25. The van der Waals surface area contributed by atoms with Crippen molar-refractivity contribution in [3.05, 3.63) is 29.3 Å². The highest BCUT2D eigenvalue weighted by Crippen LogP contribution is 2.30. The number of nitrogens with two attached hydrogens (primary N) is 2. The van der Waals surface area contributed by atoms with Crippen LogP contribution in [0.4, 0.5) is 5.69 Å². The Bertz CT molecular complexity index is 453. The molecule has 0 bridgehead atoms. The van der Waals surface area contributed by atoms with Crippen LogP contribution < -0.4 is 16.4 Å². The van der Waals surface area contributed by atoms with Crippen LogP contribution in [0.1, 0.15) is 36.8 Å². The lowest BCUT2D eigenvalue weighted by Crippen LogP contribution is -2.40. The number of carbonyl (C=O) groups is 1. The van der Waals surface area contributed by atoms with Crippen LogP contribution in [0, 0.1) is 6.92 Å². The van der Waals surface area contributed by atoms with Crippen LogP contribution in [0.15, 0.2) is 18.2 Å². The number of anilines is 1. The van der Waals surface area contributed by atoms with Gasteiger partial charge in [0.1, 0.15) is 0 Å². The van der Waals surface area contributed by atoms with E-state index in [0.29, 0.717) is 19.1 Å². The molecule has 19 heavy (non-hydrogen) atoms. The van der Waals surface area contributed by atoms with Gasteiger partial charge in [-0.15, -0.1) is 0 Å². The number of carbonyl (C=O) groups excluding carboxylic acids is 1. The van der Waals surface area contributed by atoms with Gasteiger partial charge >= 0.3 is 0 Å². The van der Waals surface area contributed by atoms with Crippen molar-refractivity contribution in [3.63, 3.8) is 0 Å². The van der Waals surface area contributed by atoms with Crippen molar-refractivity contribution in [2.45, 2.75) is 45.2 Å². The van der Waals surface area contributed by atoms with Crippen LogP contribution in [0.3, 0.4) is 0 Å². The number of rotatable bonds is 5. The number of nitrogens with zero attached hydrogens (tertiary/aromatic N) is 1. The summed E-state index contributed by atoms with van der Waals surface area (Å²) < 4.78 is 0. The minimum atomic E-state index is -0.269. The Balaban J connectivity index is 2.28. The van der Waals surface area contributed by atoms with Crippen molar-refractivity contribution in [1.29, 1.82) is 0 Å². The third-order valence-corrected chi connectivity index (χ3v) is 3.90. The van der Waals surface area contributed by atoms with Gasteiger partial charge in [-0.05, 0) is 37.0 Å². The number of hydrogen-bond acceptors (Lipinski definition) is 3. The Morgan fingerprint density at radius 3 is 2.58 bits per heavy atom. The molecule has 1 fully saturated rings. The zero-order valence-corrected chi connectivity index (χ0v) is 11.6. The molecule has 1 saturated carbocycles. The lowest BCUT2D eigenvalue weighted by atomic mass is 10.1. The normalized spacial score (nSPS) is 15.7. The Hall–Kier alpha value is -1.55. The summed E-state index contributed by atoms with van der Waals surface area (Å²) in [5.41, 5.74) is 14.5. The Morgan fingerprint density at radius 2 is 2.05 bits per heavy atom. The summed E-state index contributed by atoms with van der Waals surface area (Å²) >= 11 is 0.